The number of hydrogen-bond donors (Lipinski definition) is 2. The first-order valence-corrected chi connectivity index (χ1v) is 5.36. The number of para-hydroxylation sites is 1. The molecule has 1 atom stereocenters. The van der Waals surface area contributed by atoms with Gasteiger partial charge in [-0.2, -0.15) is 0 Å². The molecule has 3 nitrogen and oxygen atoms in total. The quantitative estimate of drug-likeness (QED) is 0.700. The number of fused-ring (bicyclic) bond motifs is 1. The van der Waals surface area contributed by atoms with Crippen LogP contribution in [0.2, 0.25) is 6.82 Å². The van der Waals surface area contributed by atoms with Crippen molar-refractivity contribution < 1.29 is 10.1 Å². The highest BCUT2D eigenvalue weighted by Gasteiger charge is 2.27. The fraction of sp³-hybridized carbons (Fsp3) is 0.455. The van der Waals surface area contributed by atoms with E-state index in [0.717, 1.165) is 18.7 Å². The second-order valence-electron chi connectivity index (χ2n) is 4.17. The van der Waals surface area contributed by atoms with E-state index in [9.17, 15) is 10.1 Å². The number of hydrogen-bond acceptors (Lipinski definition) is 3. The van der Waals surface area contributed by atoms with E-state index in [4.69, 9.17) is 0 Å². The molecule has 0 radical (unpaired) electrons. The molecule has 2 N–H and O–H groups in total. The van der Waals surface area contributed by atoms with Crippen molar-refractivity contribution >= 4 is 12.7 Å². The van der Waals surface area contributed by atoms with Gasteiger partial charge in [0.1, 0.15) is 0 Å². The van der Waals surface area contributed by atoms with Crippen molar-refractivity contribution in [2.24, 2.45) is 5.92 Å². The van der Waals surface area contributed by atoms with Crippen LogP contribution in [0.5, 0.6) is 0 Å². The fourth-order valence-corrected chi connectivity index (χ4v) is 2.19. The summed E-state index contributed by atoms with van der Waals surface area (Å²) >= 11 is 0. The molecule has 15 heavy (non-hydrogen) atoms. The monoisotopic (exact) mass is 205 g/mol. The molecule has 1 aliphatic rings. The minimum absolute atomic E-state index is 0.178. The van der Waals surface area contributed by atoms with Crippen LogP contribution in [0.25, 0.3) is 0 Å². The van der Waals surface area contributed by atoms with Gasteiger partial charge in [0.25, 0.3) is 0 Å². The summed E-state index contributed by atoms with van der Waals surface area (Å²) in [4.78, 5) is 1.94. The largest absolute Gasteiger partial charge is 0.432 e. The van der Waals surface area contributed by atoms with Gasteiger partial charge < -0.3 is 14.9 Å². The van der Waals surface area contributed by atoms with Gasteiger partial charge in [-0.05, 0) is 24.9 Å². The molecular formula is C11H16BNO2. The summed E-state index contributed by atoms with van der Waals surface area (Å²) in [5, 5.41) is 18.9. The van der Waals surface area contributed by atoms with Gasteiger partial charge in [-0.25, -0.2) is 0 Å². The molecule has 2 rings (SSSR count). The zero-order chi connectivity index (χ0) is 10.8. The summed E-state index contributed by atoms with van der Waals surface area (Å²) in [5.41, 5.74) is 2.31. The van der Waals surface area contributed by atoms with Crippen LogP contribution in [-0.2, 0) is 6.42 Å². The summed E-state index contributed by atoms with van der Waals surface area (Å²) < 4.78 is 0. The molecule has 0 saturated carbocycles. The molecule has 1 aromatic rings. The van der Waals surface area contributed by atoms with Crippen molar-refractivity contribution in [1.29, 1.82) is 0 Å². The summed E-state index contributed by atoms with van der Waals surface area (Å²) in [6.45, 7) is 2.67. The highest BCUT2D eigenvalue weighted by atomic mass is 16.3. The lowest BCUT2D eigenvalue weighted by molar-refractivity contribution is 0.226. The van der Waals surface area contributed by atoms with Crippen LogP contribution in [0, 0.1) is 5.92 Å². The number of benzene rings is 1. The van der Waals surface area contributed by atoms with E-state index in [1.54, 1.807) is 6.82 Å². The van der Waals surface area contributed by atoms with Gasteiger partial charge in [-0.3, -0.25) is 0 Å². The van der Waals surface area contributed by atoms with Crippen LogP contribution in [0.3, 0.4) is 0 Å². The molecule has 80 valence electrons. The van der Waals surface area contributed by atoms with Crippen molar-refractivity contribution in [2.45, 2.75) is 13.2 Å². The minimum atomic E-state index is -0.500. The number of aliphatic hydroxyl groups excluding tert-OH is 1. The third kappa shape index (κ3) is 2.01. The van der Waals surface area contributed by atoms with Crippen molar-refractivity contribution in [1.82, 2.24) is 0 Å². The normalized spacial score (nSPS) is 19.9. The van der Waals surface area contributed by atoms with Crippen molar-refractivity contribution in [3.8, 4) is 0 Å². The Hall–Kier alpha value is -0.995. The molecular weight excluding hydrogens is 189 g/mol. The summed E-state index contributed by atoms with van der Waals surface area (Å²) in [5.74, 6) is 0.231. The van der Waals surface area contributed by atoms with Gasteiger partial charge in [0, 0.05) is 24.8 Å². The van der Waals surface area contributed by atoms with Gasteiger partial charge in [-0.15, -0.1) is 0 Å². The van der Waals surface area contributed by atoms with E-state index >= 15 is 0 Å². The number of nitrogens with zero attached hydrogens (tertiary/aromatic N) is 1. The molecule has 1 aliphatic heterocycles. The van der Waals surface area contributed by atoms with Gasteiger partial charge in [0.05, 0.1) is 0 Å². The Balaban J connectivity index is 2.34. The molecule has 0 saturated heterocycles. The van der Waals surface area contributed by atoms with Crippen LogP contribution in [0.15, 0.2) is 24.3 Å². The predicted octanol–water partition coefficient (Wildman–Crippen LogP) is 0.768. The van der Waals surface area contributed by atoms with E-state index in [1.807, 2.05) is 23.0 Å². The molecule has 0 bridgehead atoms. The minimum Gasteiger partial charge on any atom is -0.432 e. The SMILES string of the molecule is CB(O)N1C[C@H](CO)Cc2ccccc21. The molecule has 0 unspecified atom stereocenters. The lowest BCUT2D eigenvalue weighted by Gasteiger charge is -2.36. The Bertz CT molecular complexity index is 343. The Labute approximate surface area is 90.5 Å². The van der Waals surface area contributed by atoms with E-state index in [0.29, 0.717) is 0 Å². The van der Waals surface area contributed by atoms with Crippen LogP contribution >= 0.6 is 0 Å². The maximum Gasteiger partial charge on any atom is 0.409 e. The van der Waals surface area contributed by atoms with Crippen molar-refractivity contribution in [3.05, 3.63) is 29.8 Å². The molecule has 0 aliphatic carbocycles. The summed E-state index contributed by atoms with van der Waals surface area (Å²) in [6.07, 6.45) is 0.899. The van der Waals surface area contributed by atoms with E-state index in [2.05, 4.69) is 6.07 Å². The van der Waals surface area contributed by atoms with E-state index in [1.165, 1.54) is 5.56 Å². The first kappa shape index (κ1) is 10.5. The third-order valence-corrected chi connectivity index (χ3v) is 2.97. The highest BCUT2D eigenvalue weighted by Crippen LogP contribution is 2.29. The lowest BCUT2D eigenvalue weighted by Crippen LogP contribution is -2.45. The first-order chi connectivity index (χ1) is 7.22. The third-order valence-electron chi connectivity index (χ3n) is 2.97. The Morgan fingerprint density at radius 2 is 2.20 bits per heavy atom. The van der Waals surface area contributed by atoms with Gasteiger partial charge in [0.15, 0.2) is 0 Å². The second-order valence-corrected chi connectivity index (χ2v) is 4.17. The van der Waals surface area contributed by atoms with Crippen LogP contribution in [0.4, 0.5) is 5.69 Å². The Morgan fingerprint density at radius 3 is 2.87 bits per heavy atom. The topological polar surface area (TPSA) is 43.7 Å². The van der Waals surface area contributed by atoms with Gasteiger partial charge >= 0.3 is 7.05 Å². The lowest BCUT2D eigenvalue weighted by atomic mass is 9.79. The average molecular weight is 205 g/mol. The van der Waals surface area contributed by atoms with Gasteiger partial charge in [0.2, 0.25) is 0 Å². The maximum absolute atomic E-state index is 9.68. The Kier molecular flexibility index (Phi) is 2.98. The number of anilines is 1. The number of aliphatic hydroxyl groups is 1. The van der Waals surface area contributed by atoms with E-state index < -0.39 is 7.05 Å². The zero-order valence-corrected chi connectivity index (χ0v) is 8.93. The van der Waals surface area contributed by atoms with Crippen LogP contribution in [0.1, 0.15) is 5.56 Å². The smallest absolute Gasteiger partial charge is 0.409 e. The standard InChI is InChI=1S/C11H16BNO2/c1-12(15)13-7-9(8-14)6-10-4-2-3-5-11(10)13/h2-5,9,14-15H,6-8H2,1H3/t9-/m1/s1. The van der Waals surface area contributed by atoms with Gasteiger partial charge in [-0.1, -0.05) is 18.2 Å². The molecule has 4 heteroatoms. The molecule has 0 spiro atoms. The summed E-state index contributed by atoms with van der Waals surface area (Å²) in [7, 11) is -0.500. The average Bonchev–Trinajstić information content (AvgIpc) is 2.27. The maximum atomic E-state index is 9.68. The fourth-order valence-electron chi connectivity index (χ4n) is 2.19. The van der Waals surface area contributed by atoms with Crippen molar-refractivity contribution in [2.75, 3.05) is 18.0 Å². The first-order valence-electron chi connectivity index (χ1n) is 5.36. The Morgan fingerprint density at radius 1 is 1.47 bits per heavy atom. The zero-order valence-electron chi connectivity index (χ0n) is 8.93. The molecule has 0 amide bonds. The van der Waals surface area contributed by atoms with E-state index in [-0.39, 0.29) is 12.5 Å². The van der Waals surface area contributed by atoms with Crippen LogP contribution < -0.4 is 4.81 Å². The molecule has 1 aromatic carbocycles. The van der Waals surface area contributed by atoms with Crippen LogP contribution in [-0.4, -0.2) is 30.3 Å². The molecule has 0 aromatic heterocycles. The molecule has 0 fully saturated rings. The highest BCUT2D eigenvalue weighted by molar-refractivity contribution is 6.53. The van der Waals surface area contributed by atoms with Crippen molar-refractivity contribution in [3.63, 3.8) is 0 Å². The molecule has 1 heterocycles. The second kappa shape index (κ2) is 4.25. The summed E-state index contributed by atoms with van der Waals surface area (Å²) in [6, 6.07) is 8.06. The number of rotatable bonds is 2. The predicted molar refractivity (Wildman–Crippen MR) is 61.9 cm³/mol.